The fourth-order valence-electron chi connectivity index (χ4n) is 4.48. The maximum Gasteiger partial charge on any atom is 0.0466 e. The summed E-state index contributed by atoms with van der Waals surface area (Å²) in [7, 11) is 0. The van der Waals surface area contributed by atoms with Crippen molar-refractivity contribution >= 4 is 28.4 Å². The molecular weight excluding hydrogens is 426 g/mol. The molecule has 3 nitrogen and oxygen atoms in total. The lowest BCUT2D eigenvalue weighted by atomic mass is 10.0. The lowest BCUT2D eigenvalue weighted by Crippen LogP contribution is -2.10. The van der Waals surface area contributed by atoms with Crippen molar-refractivity contribution in [3.05, 3.63) is 126 Å². The summed E-state index contributed by atoms with van der Waals surface area (Å²) in [6.45, 7) is 4.28. The van der Waals surface area contributed by atoms with Gasteiger partial charge in [-0.05, 0) is 108 Å². The molecule has 0 spiro atoms. The highest BCUT2D eigenvalue weighted by molar-refractivity contribution is 5.80. The molecule has 5 aromatic rings. The van der Waals surface area contributed by atoms with Crippen LogP contribution in [0.25, 0.3) is 22.3 Å². The Kier molecular flexibility index (Phi) is 5.99. The fraction of sp³-hybridized carbons (Fsp3) is 0.0625. The summed E-state index contributed by atoms with van der Waals surface area (Å²) in [5.74, 6) is 0. The van der Waals surface area contributed by atoms with Gasteiger partial charge in [-0.2, -0.15) is 0 Å². The quantitative estimate of drug-likeness (QED) is 0.262. The van der Waals surface area contributed by atoms with Crippen molar-refractivity contribution in [3.63, 3.8) is 0 Å². The average molecular weight is 456 g/mol. The average Bonchev–Trinajstić information content (AvgIpc) is 2.86. The molecule has 0 saturated heterocycles. The zero-order valence-corrected chi connectivity index (χ0v) is 20.1. The van der Waals surface area contributed by atoms with Crippen molar-refractivity contribution < 1.29 is 0 Å². The van der Waals surface area contributed by atoms with Crippen molar-refractivity contribution in [1.82, 2.24) is 0 Å². The van der Waals surface area contributed by atoms with E-state index in [1.807, 2.05) is 24.3 Å². The Morgan fingerprint density at radius 2 is 0.714 bits per heavy atom. The summed E-state index contributed by atoms with van der Waals surface area (Å²) >= 11 is 0. The summed E-state index contributed by atoms with van der Waals surface area (Å²) in [6, 6.07) is 40.0. The number of nitrogens with two attached hydrogens (primary N) is 2. The second kappa shape index (κ2) is 9.40. The van der Waals surface area contributed by atoms with E-state index >= 15 is 0 Å². The van der Waals surface area contributed by atoms with E-state index in [0.717, 1.165) is 50.7 Å². The van der Waals surface area contributed by atoms with Gasteiger partial charge >= 0.3 is 0 Å². The highest BCUT2D eigenvalue weighted by Crippen LogP contribution is 2.37. The summed E-state index contributed by atoms with van der Waals surface area (Å²) < 4.78 is 0. The smallest absolute Gasteiger partial charge is 0.0466 e. The maximum atomic E-state index is 5.86. The predicted octanol–water partition coefficient (Wildman–Crippen LogP) is 8.27. The number of aryl methyl sites for hydroxylation is 2. The van der Waals surface area contributed by atoms with Gasteiger partial charge in [0.2, 0.25) is 0 Å². The minimum Gasteiger partial charge on any atom is -0.399 e. The first-order valence-electron chi connectivity index (χ1n) is 11.8. The topological polar surface area (TPSA) is 55.3 Å². The lowest BCUT2D eigenvalue weighted by molar-refractivity contribution is 1.25. The molecule has 0 aliphatic heterocycles. The van der Waals surface area contributed by atoms with Crippen LogP contribution in [0.3, 0.4) is 0 Å². The number of nitrogen functional groups attached to an aromatic ring is 2. The molecule has 0 aliphatic rings. The zero-order chi connectivity index (χ0) is 24.4. The van der Waals surface area contributed by atoms with E-state index in [-0.39, 0.29) is 0 Å². The van der Waals surface area contributed by atoms with Gasteiger partial charge in [0.1, 0.15) is 0 Å². The van der Waals surface area contributed by atoms with Crippen LogP contribution in [0.1, 0.15) is 11.1 Å². The molecule has 5 aromatic carbocycles. The third-order valence-electron chi connectivity index (χ3n) is 6.20. The number of anilines is 5. The Bertz CT molecular complexity index is 1320. The normalized spacial score (nSPS) is 10.8. The van der Waals surface area contributed by atoms with Crippen molar-refractivity contribution in [2.45, 2.75) is 13.8 Å². The van der Waals surface area contributed by atoms with Gasteiger partial charge in [-0.1, -0.05) is 54.6 Å². The summed E-state index contributed by atoms with van der Waals surface area (Å²) in [5.41, 5.74) is 23.7. The van der Waals surface area contributed by atoms with Gasteiger partial charge in [0, 0.05) is 28.4 Å². The molecule has 172 valence electrons. The Morgan fingerprint density at radius 3 is 1.06 bits per heavy atom. The monoisotopic (exact) mass is 455 g/mol. The van der Waals surface area contributed by atoms with Crippen LogP contribution in [0, 0.1) is 13.8 Å². The van der Waals surface area contributed by atoms with Gasteiger partial charge in [0.25, 0.3) is 0 Å². The van der Waals surface area contributed by atoms with E-state index in [9.17, 15) is 0 Å². The van der Waals surface area contributed by atoms with Crippen LogP contribution in [0.2, 0.25) is 0 Å². The van der Waals surface area contributed by atoms with Crippen molar-refractivity contribution in [2.75, 3.05) is 16.4 Å². The molecule has 0 bridgehead atoms. The molecule has 0 saturated carbocycles. The van der Waals surface area contributed by atoms with E-state index in [2.05, 4.69) is 110 Å². The SMILES string of the molecule is Cc1cc(C)cc(N(c2ccc(-c3ccc(N)cc3)cc2)c2ccc(-c3ccc(N)cc3)cc2)c1. The molecule has 0 aliphatic carbocycles. The van der Waals surface area contributed by atoms with Crippen LogP contribution < -0.4 is 16.4 Å². The number of benzene rings is 5. The Morgan fingerprint density at radius 1 is 0.400 bits per heavy atom. The largest absolute Gasteiger partial charge is 0.399 e. The highest BCUT2D eigenvalue weighted by atomic mass is 15.1. The van der Waals surface area contributed by atoms with Crippen molar-refractivity contribution in [2.24, 2.45) is 0 Å². The first-order chi connectivity index (χ1) is 17.0. The molecule has 4 N–H and O–H groups in total. The van der Waals surface area contributed by atoms with E-state index in [4.69, 9.17) is 11.5 Å². The molecular formula is C32H29N3. The first kappa shape index (κ1) is 22.3. The van der Waals surface area contributed by atoms with Gasteiger partial charge in [0.15, 0.2) is 0 Å². The maximum absolute atomic E-state index is 5.86. The fourth-order valence-corrected chi connectivity index (χ4v) is 4.48. The van der Waals surface area contributed by atoms with Crippen LogP contribution in [-0.4, -0.2) is 0 Å². The third-order valence-corrected chi connectivity index (χ3v) is 6.20. The van der Waals surface area contributed by atoms with Gasteiger partial charge < -0.3 is 16.4 Å². The molecule has 0 radical (unpaired) electrons. The number of rotatable bonds is 5. The minimum atomic E-state index is 0.772. The molecule has 0 atom stereocenters. The van der Waals surface area contributed by atoms with Crippen LogP contribution in [0.5, 0.6) is 0 Å². The molecule has 0 amide bonds. The second-order valence-corrected chi connectivity index (χ2v) is 9.02. The van der Waals surface area contributed by atoms with E-state index < -0.39 is 0 Å². The lowest BCUT2D eigenvalue weighted by Gasteiger charge is -2.26. The van der Waals surface area contributed by atoms with E-state index in [0.29, 0.717) is 0 Å². The predicted molar refractivity (Wildman–Crippen MR) is 150 cm³/mol. The Hall–Kier alpha value is -4.50. The Balaban J connectivity index is 1.55. The van der Waals surface area contributed by atoms with Crippen molar-refractivity contribution in [1.29, 1.82) is 0 Å². The molecule has 0 heterocycles. The van der Waals surface area contributed by atoms with Gasteiger partial charge in [-0.15, -0.1) is 0 Å². The standard InChI is InChI=1S/C32H29N3/c1-22-19-23(2)21-32(20-22)35(30-15-7-26(8-16-30)24-3-11-28(33)12-4-24)31-17-9-27(10-18-31)25-5-13-29(34)14-6-25/h3-21H,33-34H2,1-2H3. The number of hydrogen-bond donors (Lipinski definition) is 2. The molecule has 0 fully saturated rings. The van der Waals surface area contributed by atoms with Crippen LogP contribution >= 0.6 is 0 Å². The van der Waals surface area contributed by atoms with Gasteiger partial charge in [0.05, 0.1) is 0 Å². The Labute approximate surface area is 207 Å². The summed E-state index contributed by atoms with van der Waals surface area (Å²) in [6.07, 6.45) is 0. The zero-order valence-electron chi connectivity index (χ0n) is 20.1. The molecule has 3 heteroatoms. The molecule has 0 aromatic heterocycles. The van der Waals surface area contributed by atoms with Gasteiger partial charge in [-0.3, -0.25) is 0 Å². The van der Waals surface area contributed by atoms with E-state index in [1.165, 1.54) is 11.1 Å². The van der Waals surface area contributed by atoms with Crippen LogP contribution in [0.4, 0.5) is 28.4 Å². The summed E-state index contributed by atoms with van der Waals surface area (Å²) in [4.78, 5) is 2.31. The molecule has 0 unspecified atom stereocenters. The van der Waals surface area contributed by atoms with Crippen LogP contribution in [-0.2, 0) is 0 Å². The van der Waals surface area contributed by atoms with E-state index in [1.54, 1.807) is 0 Å². The second-order valence-electron chi connectivity index (χ2n) is 9.02. The minimum absolute atomic E-state index is 0.772. The third kappa shape index (κ3) is 4.90. The first-order valence-corrected chi connectivity index (χ1v) is 11.8. The van der Waals surface area contributed by atoms with Crippen molar-refractivity contribution in [3.8, 4) is 22.3 Å². The highest BCUT2D eigenvalue weighted by Gasteiger charge is 2.14. The molecule has 35 heavy (non-hydrogen) atoms. The number of nitrogens with zero attached hydrogens (tertiary/aromatic N) is 1. The van der Waals surface area contributed by atoms with Gasteiger partial charge in [-0.25, -0.2) is 0 Å². The number of hydrogen-bond acceptors (Lipinski definition) is 3. The summed E-state index contributed by atoms with van der Waals surface area (Å²) in [5, 5.41) is 0. The molecule has 5 rings (SSSR count). The van der Waals surface area contributed by atoms with Crippen LogP contribution in [0.15, 0.2) is 115 Å².